The van der Waals surface area contributed by atoms with Gasteiger partial charge in [0.25, 0.3) is 5.91 Å². The smallest absolute Gasteiger partial charge is 0.255 e. The molecule has 1 saturated heterocycles. The van der Waals surface area contributed by atoms with E-state index >= 15 is 0 Å². The van der Waals surface area contributed by atoms with E-state index in [9.17, 15) is 10.3 Å². The second kappa shape index (κ2) is 14.4. The Labute approximate surface area is 255 Å². The van der Waals surface area contributed by atoms with Gasteiger partial charge in [0.05, 0.1) is 13.2 Å². The summed E-state index contributed by atoms with van der Waals surface area (Å²) in [5.74, 6) is 0.758. The Hall–Kier alpha value is -5.02. The lowest BCUT2D eigenvalue weighted by Crippen LogP contribution is -2.53. The quantitative estimate of drug-likeness (QED) is 0.106. The molecule has 0 unspecified atom stereocenters. The fraction of sp³-hybridized carbons (Fsp3) is 0.375. The van der Waals surface area contributed by atoms with Gasteiger partial charge < -0.3 is 19.5 Å². The number of rotatable bonds is 12. The van der Waals surface area contributed by atoms with Crippen LogP contribution in [0.25, 0.3) is 20.9 Å². The molecule has 0 bridgehead atoms. The van der Waals surface area contributed by atoms with Crippen LogP contribution in [0.4, 0.5) is 5.69 Å². The molecule has 226 valence electrons. The molecule has 3 aromatic rings. The highest BCUT2D eigenvalue weighted by Gasteiger charge is 2.55. The number of ether oxygens (including phenoxy) is 2. The largest absolute Gasteiger partial charge is 0.494 e. The molecule has 0 aliphatic carbocycles. The van der Waals surface area contributed by atoms with Crippen LogP contribution in [0.3, 0.4) is 0 Å². The summed E-state index contributed by atoms with van der Waals surface area (Å²) in [5.41, 5.74) is 20.1. The van der Waals surface area contributed by atoms with Gasteiger partial charge in [-0.15, -0.1) is 0 Å². The molecule has 2 aliphatic rings. The molecule has 44 heavy (non-hydrogen) atoms. The first-order chi connectivity index (χ1) is 21.6. The predicted molar refractivity (Wildman–Crippen MR) is 165 cm³/mol. The van der Waals surface area contributed by atoms with Gasteiger partial charge in [-0.1, -0.05) is 58.8 Å². The maximum Gasteiger partial charge on any atom is 0.255 e. The van der Waals surface area contributed by atoms with Crippen molar-refractivity contribution >= 4 is 17.5 Å². The number of nitrogens with zero attached hydrogens (tertiary/aromatic N) is 8. The Balaban J connectivity index is 1.66. The molecule has 12 heteroatoms. The van der Waals surface area contributed by atoms with Crippen molar-refractivity contribution in [2.75, 3.05) is 26.3 Å². The highest BCUT2D eigenvalue weighted by Crippen LogP contribution is 2.46. The normalized spacial score (nSPS) is 19.2. The van der Waals surface area contributed by atoms with Gasteiger partial charge in [-0.3, -0.25) is 4.79 Å². The van der Waals surface area contributed by atoms with Gasteiger partial charge in [0.2, 0.25) is 5.90 Å². The molecule has 0 spiro atoms. The molecule has 2 heterocycles. The van der Waals surface area contributed by atoms with E-state index < -0.39 is 11.6 Å². The monoisotopic (exact) mass is 594 g/mol. The molecule has 5 rings (SSSR count). The van der Waals surface area contributed by atoms with E-state index in [1.54, 1.807) is 24.3 Å². The first-order valence-electron chi connectivity index (χ1n) is 14.7. The third kappa shape index (κ3) is 6.63. The maximum absolute atomic E-state index is 14.8. The second-order valence-electron chi connectivity index (χ2n) is 10.7. The van der Waals surface area contributed by atoms with Crippen LogP contribution in [-0.2, 0) is 22.5 Å². The van der Waals surface area contributed by atoms with E-state index in [2.05, 4.69) is 20.1 Å². The molecular formula is C32H34N8O4. The Kier molecular flexibility index (Phi) is 9.99. The van der Waals surface area contributed by atoms with E-state index in [1.807, 2.05) is 53.4 Å². The zero-order valence-corrected chi connectivity index (χ0v) is 24.3. The number of azide groups is 2. The topological polar surface area (TPSA) is 169 Å². The lowest BCUT2D eigenvalue weighted by Gasteiger charge is -2.38. The summed E-state index contributed by atoms with van der Waals surface area (Å²) < 4.78 is 12.4. The van der Waals surface area contributed by atoms with Crippen LogP contribution in [0.5, 0.6) is 5.75 Å². The number of hydrogen-bond acceptors (Lipinski definition) is 7. The summed E-state index contributed by atoms with van der Waals surface area (Å²) >= 11 is 0. The fourth-order valence-corrected chi connectivity index (χ4v) is 5.75. The van der Waals surface area contributed by atoms with E-state index in [-0.39, 0.29) is 25.5 Å². The van der Waals surface area contributed by atoms with E-state index in [0.29, 0.717) is 60.1 Å². The van der Waals surface area contributed by atoms with Crippen molar-refractivity contribution in [3.63, 3.8) is 0 Å². The highest BCUT2D eigenvalue weighted by atomic mass is 16.5. The van der Waals surface area contributed by atoms with Crippen LogP contribution >= 0.6 is 0 Å². The maximum atomic E-state index is 14.8. The van der Waals surface area contributed by atoms with Gasteiger partial charge in [0.15, 0.2) is 11.6 Å². The number of aliphatic hydroxyl groups excluding tert-OH is 1. The third-order valence-corrected chi connectivity index (χ3v) is 7.90. The summed E-state index contributed by atoms with van der Waals surface area (Å²) in [6, 6.07) is 21.9. The van der Waals surface area contributed by atoms with Crippen LogP contribution in [0, 0.1) is 0 Å². The van der Waals surface area contributed by atoms with Crippen LogP contribution in [-0.4, -0.2) is 53.7 Å². The average Bonchev–Trinajstić information content (AvgIpc) is 3.45. The number of amides is 1. The van der Waals surface area contributed by atoms with Crippen molar-refractivity contribution in [1.29, 1.82) is 0 Å². The highest BCUT2D eigenvalue weighted by molar-refractivity contribution is 6.01. The van der Waals surface area contributed by atoms with E-state index in [1.165, 1.54) is 0 Å². The number of aliphatic imine (C=N–C) groups is 1. The number of carbonyl (C=O) groups excluding carboxylic acids is 1. The summed E-state index contributed by atoms with van der Waals surface area (Å²) in [5, 5.41) is 16.8. The fourth-order valence-electron chi connectivity index (χ4n) is 5.75. The van der Waals surface area contributed by atoms with Crippen molar-refractivity contribution < 1.29 is 19.4 Å². The molecule has 12 nitrogen and oxygen atoms in total. The van der Waals surface area contributed by atoms with Crippen LogP contribution < -0.4 is 4.74 Å². The molecule has 0 saturated carbocycles. The minimum atomic E-state index is -1.45. The number of piperidine rings is 1. The molecule has 1 fully saturated rings. The van der Waals surface area contributed by atoms with Crippen molar-refractivity contribution in [3.8, 4) is 5.75 Å². The van der Waals surface area contributed by atoms with Crippen molar-refractivity contribution in [1.82, 2.24) is 4.90 Å². The first-order valence-corrected chi connectivity index (χ1v) is 14.7. The van der Waals surface area contributed by atoms with Gasteiger partial charge >= 0.3 is 0 Å². The molecular weight excluding hydrogens is 560 g/mol. The Morgan fingerprint density at radius 3 is 2.45 bits per heavy atom. The minimum absolute atomic E-state index is 0.0429. The summed E-state index contributed by atoms with van der Waals surface area (Å²) in [6.45, 7) is 1.72. The molecule has 1 amide bonds. The van der Waals surface area contributed by atoms with Gasteiger partial charge in [-0.05, 0) is 71.3 Å². The Bertz CT molecular complexity index is 1590. The second-order valence-corrected chi connectivity index (χ2v) is 10.7. The number of likely N-dealkylation sites (tertiary alicyclic amines) is 1. The molecule has 1 N–H and O–H groups in total. The minimum Gasteiger partial charge on any atom is -0.494 e. The summed E-state index contributed by atoms with van der Waals surface area (Å²) in [4.78, 5) is 27.8. The van der Waals surface area contributed by atoms with Crippen molar-refractivity contribution in [2.24, 2.45) is 15.2 Å². The third-order valence-electron chi connectivity index (χ3n) is 7.90. The molecule has 0 radical (unpaired) electrons. The van der Waals surface area contributed by atoms with Crippen LogP contribution in [0.2, 0.25) is 0 Å². The Morgan fingerprint density at radius 2 is 1.73 bits per heavy atom. The molecule has 2 aliphatic heterocycles. The number of carbonyl (C=O) groups is 1. The van der Waals surface area contributed by atoms with Gasteiger partial charge in [-0.2, -0.15) is 0 Å². The van der Waals surface area contributed by atoms with Gasteiger partial charge in [-0.25, -0.2) is 4.99 Å². The van der Waals surface area contributed by atoms with E-state index in [4.69, 9.17) is 25.1 Å². The lowest BCUT2D eigenvalue weighted by molar-refractivity contribution is -0.140. The summed E-state index contributed by atoms with van der Waals surface area (Å²) in [7, 11) is 0. The zero-order chi connectivity index (χ0) is 30.8. The molecule has 2 atom stereocenters. The van der Waals surface area contributed by atoms with Crippen LogP contribution in [0.1, 0.15) is 54.0 Å². The number of hydrogen-bond donors (Lipinski definition) is 1. The number of benzene rings is 3. The van der Waals surface area contributed by atoms with Gasteiger partial charge in [0, 0.05) is 53.6 Å². The van der Waals surface area contributed by atoms with Gasteiger partial charge in [0.1, 0.15) is 5.75 Å². The Morgan fingerprint density at radius 1 is 1.00 bits per heavy atom. The predicted octanol–water partition coefficient (Wildman–Crippen LogP) is 6.71. The first kappa shape index (κ1) is 30.4. The average molecular weight is 595 g/mol. The lowest BCUT2D eigenvalue weighted by atomic mass is 9.79. The van der Waals surface area contributed by atoms with Crippen molar-refractivity contribution in [2.45, 2.75) is 50.3 Å². The van der Waals surface area contributed by atoms with Crippen molar-refractivity contribution in [3.05, 3.63) is 116 Å². The molecule has 3 aromatic carbocycles. The number of aliphatic hydroxyl groups is 1. The SMILES string of the molecule is [N-]=[N+]=NCc1ccccc1[C@H]1OC(c2ccc(OCCCO)cc2)=N[C@@]1(Cc1ccccc1N=[N+]=[N-])C(=O)N1CCCCC1. The van der Waals surface area contributed by atoms with E-state index in [0.717, 1.165) is 24.8 Å². The zero-order valence-electron chi connectivity index (χ0n) is 24.3. The summed E-state index contributed by atoms with van der Waals surface area (Å²) in [6.07, 6.45) is 2.61. The molecule has 0 aromatic heterocycles. The van der Waals surface area contributed by atoms with Crippen LogP contribution in [0.15, 0.2) is 88.0 Å². The standard InChI is InChI=1S/C32H34N8O4/c33-38-35-22-25-10-2-4-11-27(25)29-32(31(42)40-17-6-1-7-18-40,21-24-9-3-5-12-28(24)37-39-34)36-30(44-29)23-13-15-26(16-14-23)43-20-8-19-41/h2-5,9-16,29,41H,1,6-8,17-22H2/t29-,32-/m1/s1.